The van der Waals surface area contributed by atoms with E-state index in [2.05, 4.69) is 10.0 Å². The number of sulfonamides is 1. The first-order valence-electron chi connectivity index (χ1n) is 8.79. The molecular weight excluding hydrogens is 369 g/mol. The van der Waals surface area contributed by atoms with Crippen LogP contribution in [0.5, 0.6) is 0 Å². The van der Waals surface area contributed by atoms with Gasteiger partial charge in [0.15, 0.2) is 0 Å². The van der Waals surface area contributed by atoms with Crippen molar-refractivity contribution in [3.63, 3.8) is 0 Å². The standard InChI is InChI=1S/C19H22FN3O3S/c1-2-22-27(25,26)17-8-4-6-15(12-17)19(24)23-10-9-21-13-18(23)14-5-3-7-16(20)11-14/h3-8,11-12,18,21-22H,2,9-10,13H2,1H3. The van der Waals surface area contributed by atoms with Crippen molar-refractivity contribution in [2.75, 3.05) is 26.2 Å². The molecule has 0 aromatic heterocycles. The zero-order valence-corrected chi connectivity index (χ0v) is 15.8. The average molecular weight is 391 g/mol. The minimum atomic E-state index is -3.65. The minimum absolute atomic E-state index is 0.0487. The SMILES string of the molecule is CCNS(=O)(=O)c1cccc(C(=O)N2CCNCC2c2cccc(F)c2)c1. The number of piperazine rings is 1. The van der Waals surface area contributed by atoms with Gasteiger partial charge < -0.3 is 10.2 Å². The van der Waals surface area contributed by atoms with Crippen LogP contribution in [-0.2, 0) is 10.0 Å². The van der Waals surface area contributed by atoms with Gasteiger partial charge in [-0.05, 0) is 35.9 Å². The zero-order chi connectivity index (χ0) is 19.4. The molecule has 0 radical (unpaired) electrons. The number of carbonyl (C=O) groups excluding carboxylic acids is 1. The van der Waals surface area contributed by atoms with Gasteiger partial charge in [-0.25, -0.2) is 17.5 Å². The number of carbonyl (C=O) groups is 1. The number of halogens is 1. The third-order valence-corrected chi connectivity index (χ3v) is 6.01. The first-order chi connectivity index (χ1) is 12.9. The van der Waals surface area contributed by atoms with E-state index in [0.29, 0.717) is 25.2 Å². The molecule has 1 fully saturated rings. The van der Waals surface area contributed by atoms with Gasteiger partial charge in [0, 0.05) is 31.7 Å². The van der Waals surface area contributed by atoms with E-state index in [1.54, 1.807) is 36.1 Å². The van der Waals surface area contributed by atoms with E-state index < -0.39 is 10.0 Å². The van der Waals surface area contributed by atoms with Crippen molar-refractivity contribution in [3.8, 4) is 0 Å². The second-order valence-electron chi connectivity index (χ2n) is 6.30. The van der Waals surface area contributed by atoms with Crippen LogP contribution in [0.2, 0.25) is 0 Å². The van der Waals surface area contributed by atoms with Crippen LogP contribution in [-0.4, -0.2) is 45.4 Å². The third kappa shape index (κ3) is 4.35. The Bertz CT molecular complexity index is 933. The molecule has 0 saturated carbocycles. The van der Waals surface area contributed by atoms with Crippen LogP contribution in [0, 0.1) is 5.82 Å². The van der Waals surface area contributed by atoms with Crippen LogP contribution in [0.1, 0.15) is 28.9 Å². The van der Waals surface area contributed by atoms with Crippen molar-refractivity contribution in [2.24, 2.45) is 0 Å². The smallest absolute Gasteiger partial charge is 0.254 e. The molecule has 0 spiro atoms. The molecule has 1 saturated heterocycles. The Kier molecular flexibility index (Phi) is 5.88. The number of hydrogen-bond acceptors (Lipinski definition) is 4. The quantitative estimate of drug-likeness (QED) is 0.816. The van der Waals surface area contributed by atoms with Crippen molar-refractivity contribution in [3.05, 3.63) is 65.5 Å². The highest BCUT2D eigenvalue weighted by molar-refractivity contribution is 7.89. The van der Waals surface area contributed by atoms with Crippen LogP contribution in [0.25, 0.3) is 0 Å². The lowest BCUT2D eigenvalue weighted by atomic mass is 10.0. The lowest BCUT2D eigenvalue weighted by molar-refractivity contribution is 0.0633. The molecule has 1 aliphatic heterocycles. The molecule has 6 nitrogen and oxygen atoms in total. The molecule has 27 heavy (non-hydrogen) atoms. The predicted octanol–water partition coefficient (Wildman–Crippen LogP) is 1.91. The van der Waals surface area contributed by atoms with Gasteiger partial charge in [0.2, 0.25) is 10.0 Å². The predicted molar refractivity (Wildman–Crippen MR) is 100 cm³/mol. The van der Waals surface area contributed by atoms with Gasteiger partial charge in [-0.3, -0.25) is 4.79 Å². The number of nitrogens with one attached hydrogen (secondary N) is 2. The van der Waals surface area contributed by atoms with Crippen molar-refractivity contribution >= 4 is 15.9 Å². The topological polar surface area (TPSA) is 78.5 Å². The maximum Gasteiger partial charge on any atom is 0.254 e. The fourth-order valence-electron chi connectivity index (χ4n) is 3.19. The van der Waals surface area contributed by atoms with Gasteiger partial charge in [0.25, 0.3) is 5.91 Å². The number of nitrogens with zero attached hydrogens (tertiary/aromatic N) is 1. The lowest BCUT2D eigenvalue weighted by Crippen LogP contribution is -2.48. The summed E-state index contributed by atoms with van der Waals surface area (Å²) in [5.41, 5.74) is 0.990. The highest BCUT2D eigenvalue weighted by Crippen LogP contribution is 2.25. The zero-order valence-electron chi connectivity index (χ0n) is 15.0. The van der Waals surface area contributed by atoms with Crippen molar-refractivity contribution in [1.29, 1.82) is 0 Å². The maximum atomic E-state index is 13.6. The van der Waals surface area contributed by atoms with Crippen molar-refractivity contribution in [1.82, 2.24) is 14.9 Å². The highest BCUT2D eigenvalue weighted by atomic mass is 32.2. The van der Waals surface area contributed by atoms with E-state index in [9.17, 15) is 17.6 Å². The van der Waals surface area contributed by atoms with Crippen LogP contribution < -0.4 is 10.0 Å². The molecule has 1 aliphatic rings. The van der Waals surface area contributed by atoms with E-state index in [0.717, 1.165) is 0 Å². The third-order valence-electron chi connectivity index (χ3n) is 4.46. The first-order valence-corrected chi connectivity index (χ1v) is 10.3. The Morgan fingerprint density at radius 1 is 1.26 bits per heavy atom. The monoisotopic (exact) mass is 391 g/mol. The molecule has 1 atom stereocenters. The summed E-state index contributed by atoms with van der Waals surface area (Å²) in [4.78, 5) is 14.8. The molecular formula is C19H22FN3O3S. The van der Waals surface area contributed by atoms with Crippen LogP contribution in [0.4, 0.5) is 4.39 Å². The highest BCUT2D eigenvalue weighted by Gasteiger charge is 2.29. The van der Waals surface area contributed by atoms with Gasteiger partial charge in [-0.1, -0.05) is 25.1 Å². The van der Waals surface area contributed by atoms with Gasteiger partial charge in [-0.15, -0.1) is 0 Å². The maximum absolute atomic E-state index is 13.6. The summed E-state index contributed by atoms with van der Waals surface area (Å²) in [6, 6.07) is 11.8. The van der Waals surface area contributed by atoms with E-state index in [4.69, 9.17) is 0 Å². The molecule has 2 aromatic carbocycles. The molecule has 2 N–H and O–H groups in total. The number of benzene rings is 2. The van der Waals surface area contributed by atoms with Gasteiger partial charge >= 0.3 is 0 Å². The Balaban J connectivity index is 1.91. The average Bonchev–Trinajstić information content (AvgIpc) is 2.67. The van der Waals surface area contributed by atoms with Crippen molar-refractivity contribution < 1.29 is 17.6 Å². The molecule has 3 rings (SSSR count). The molecule has 0 aliphatic carbocycles. The van der Waals surface area contributed by atoms with Crippen LogP contribution in [0.15, 0.2) is 53.4 Å². The van der Waals surface area contributed by atoms with Crippen LogP contribution >= 0.6 is 0 Å². The Morgan fingerprint density at radius 3 is 2.78 bits per heavy atom. The molecule has 1 unspecified atom stereocenters. The fraction of sp³-hybridized carbons (Fsp3) is 0.316. The molecule has 2 aromatic rings. The Morgan fingerprint density at radius 2 is 2.04 bits per heavy atom. The summed E-state index contributed by atoms with van der Waals surface area (Å²) in [6.45, 7) is 3.53. The normalized spacial score (nSPS) is 17.7. The minimum Gasteiger partial charge on any atom is -0.329 e. The Hall–Kier alpha value is -2.29. The second kappa shape index (κ2) is 8.16. The fourth-order valence-corrected chi connectivity index (χ4v) is 4.28. The molecule has 1 amide bonds. The van der Waals surface area contributed by atoms with Gasteiger partial charge in [0.1, 0.15) is 5.82 Å². The number of rotatable bonds is 5. The molecule has 0 bridgehead atoms. The van der Waals surface area contributed by atoms with E-state index in [-0.39, 0.29) is 34.8 Å². The second-order valence-corrected chi connectivity index (χ2v) is 8.07. The Labute approximate surface area is 158 Å². The molecule has 144 valence electrons. The summed E-state index contributed by atoms with van der Waals surface area (Å²) in [7, 11) is -3.65. The van der Waals surface area contributed by atoms with E-state index >= 15 is 0 Å². The lowest BCUT2D eigenvalue weighted by Gasteiger charge is -2.36. The number of amides is 1. The molecule has 8 heteroatoms. The molecule has 1 heterocycles. The summed E-state index contributed by atoms with van der Waals surface area (Å²) < 4.78 is 40.5. The number of hydrogen-bond donors (Lipinski definition) is 2. The van der Waals surface area contributed by atoms with Gasteiger partial charge in [-0.2, -0.15) is 0 Å². The first kappa shape index (κ1) is 19.5. The van der Waals surface area contributed by atoms with E-state index in [1.165, 1.54) is 24.3 Å². The van der Waals surface area contributed by atoms with E-state index in [1.807, 2.05) is 0 Å². The summed E-state index contributed by atoms with van der Waals surface area (Å²) in [6.07, 6.45) is 0. The summed E-state index contributed by atoms with van der Waals surface area (Å²) >= 11 is 0. The summed E-state index contributed by atoms with van der Waals surface area (Å²) in [5, 5.41) is 3.22. The van der Waals surface area contributed by atoms with Gasteiger partial charge in [0.05, 0.1) is 10.9 Å². The van der Waals surface area contributed by atoms with Crippen molar-refractivity contribution in [2.45, 2.75) is 17.9 Å². The largest absolute Gasteiger partial charge is 0.329 e. The summed E-state index contributed by atoms with van der Waals surface area (Å²) in [5.74, 6) is -0.636. The van der Waals surface area contributed by atoms with Crippen LogP contribution in [0.3, 0.4) is 0 Å².